The van der Waals surface area contributed by atoms with Crippen molar-refractivity contribution in [3.8, 4) is 5.69 Å². The smallest absolute Gasteiger partial charge is 0.469 e. The summed E-state index contributed by atoms with van der Waals surface area (Å²) in [6.45, 7) is 2.10. The van der Waals surface area contributed by atoms with Gasteiger partial charge in [-0.15, -0.1) is 0 Å². The van der Waals surface area contributed by atoms with Gasteiger partial charge in [-0.1, -0.05) is 19.1 Å². The number of nitrogens with zero attached hydrogens (tertiary/aromatic N) is 3. The molecule has 0 atom stereocenters. The van der Waals surface area contributed by atoms with Gasteiger partial charge in [0.1, 0.15) is 0 Å². The number of piperidine rings is 1. The lowest BCUT2D eigenvalue weighted by Gasteiger charge is -2.40. The first-order valence-corrected chi connectivity index (χ1v) is 11.9. The Morgan fingerprint density at radius 2 is 1.60 bits per heavy atom. The Morgan fingerprint density at radius 1 is 1.00 bits per heavy atom. The number of likely N-dealkylation sites (tertiary alicyclic amines) is 1. The first kappa shape index (κ1) is 25.1. The van der Waals surface area contributed by atoms with Gasteiger partial charge in [0.2, 0.25) is 0 Å². The highest BCUT2D eigenvalue weighted by Gasteiger charge is 2.45. The van der Waals surface area contributed by atoms with E-state index in [2.05, 4.69) is 0 Å². The highest BCUT2D eigenvalue weighted by Crippen LogP contribution is 2.37. The lowest BCUT2D eigenvalue weighted by atomic mass is 9.74. The summed E-state index contributed by atoms with van der Waals surface area (Å²) in [7, 11) is 1.39. The average molecular weight is 494 g/mol. The van der Waals surface area contributed by atoms with Crippen molar-refractivity contribution in [2.75, 3.05) is 20.2 Å². The van der Waals surface area contributed by atoms with E-state index < -0.39 is 12.1 Å². The normalized spacial score (nSPS) is 22.6. The topological polar surface area (TPSA) is 73.5 Å². The maximum absolute atomic E-state index is 13.1. The van der Waals surface area contributed by atoms with E-state index in [9.17, 15) is 27.6 Å². The Hall–Kier alpha value is -3.04. The SMILES string of the molecule is COC(=O)C1CCC(n2ccn(-c3ccc(C4(C)CCN(C(=O)C(F)(F)F)CC4)cc3)c2=O)CC1. The maximum atomic E-state index is 13.1. The summed E-state index contributed by atoms with van der Waals surface area (Å²) in [6, 6.07) is 7.53. The maximum Gasteiger partial charge on any atom is 0.471 e. The van der Waals surface area contributed by atoms with Crippen LogP contribution in [0.1, 0.15) is 57.1 Å². The fourth-order valence-corrected chi connectivity index (χ4v) is 5.32. The largest absolute Gasteiger partial charge is 0.471 e. The standard InChI is InChI=1S/C25H30F3N3O4/c1-24(11-13-29(14-12-24)22(33)25(26,27)28)18-5-9-20(10-6-18)31-16-15-30(23(31)34)19-7-3-17(4-8-19)21(32)35-2/h5-6,9-10,15-17,19H,3-4,7-8,11-14H2,1-2H3. The predicted molar refractivity (Wildman–Crippen MR) is 122 cm³/mol. The molecule has 35 heavy (non-hydrogen) atoms. The van der Waals surface area contributed by atoms with Crippen LogP contribution in [0.25, 0.3) is 5.69 Å². The molecule has 1 aromatic heterocycles. The van der Waals surface area contributed by atoms with Crippen molar-refractivity contribution in [2.24, 2.45) is 5.92 Å². The number of esters is 1. The molecule has 1 saturated heterocycles. The van der Waals surface area contributed by atoms with Gasteiger partial charge in [0.15, 0.2) is 0 Å². The number of amides is 1. The number of benzene rings is 1. The molecule has 4 rings (SSSR count). The average Bonchev–Trinajstić information content (AvgIpc) is 3.24. The number of halogens is 3. The number of rotatable bonds is 4. The van der Waals surface area contributed by atoms with Gasteiger partial charge >= 0.3 is 23.7 Å². The third kappa shape index (κ3) is 5.01. The number of alkyl halides is 3. The summed E-state index contributed by atoms with van der Waals surface area (Å²) >= 11 is 0. The number of hydrogen-bond acceptors (Lipinski definition) is 4. The molecule has 0 N–H and O–H groups in total. The predicted octanol–water partition coefficient (Wildman–Crippen LogP) is 3.99. The molecule has 1 amide bonds. The molecule has 0 spiro atoms. The third-order valence-corrected chi connectivity index (χ3v) is 7.67. The molecular weight excluding hydrogens is 463 g/mol. The Kier molecular flexibility index (Phi) is 6.83. The van der Waals surface area contributed by atoms with E-state index in [1.54, 1.807) is 21.5 Å². The van der Waals surface area contributed by atoms with Crippen molar-refractivity contribution in [1.29, 1.82) is 0 Å². The van der Waals surface area contributed by atoms with Crippen LogP contribution < -0.4 is 5.69 Å². The Balaban J connectivity index is 1.43. The lowest BCUT2D eigenvalue weighted by Crippen LogP contribution is -2.48. The number of ether oxygens (including phenoxy) is 1. The number of hydrogen-bond donors (Lipinski definition) is 0. The summed E-state index contributed by atoms with van der Waals surface area (Å²) < 4.78 is 46.3. The minimum Gasteiger partial charge on any atom is -0.469 e. The van der Waals surface area contributed by atoms with Crippen molar-refractivity contribution in [3.63, 3.8) is 0 Å². The molecule has 0 bridgehead atoms. The molecule has 2 heterocycles. The fraction of sp³-hybridized carbons (Fsp3) is 0.560. The van der Waals surface area contributed by atoms with Crippen LogP contribution in [-0.2, 0) is 19.7 Å². The van der Waals surface area contributed by atoms with Gasteiger partial charge in [-0.3, -0.25) is 18.7 Å². The van der Waals surface area contributed by atoms with Crippen LogP contribution in [0.5, 0.6) is 0 Å². The van der Waals surface area contributed by atoms with Crippen LogP contribution in [0.4, 0.5) is 13.2 Å². The second-order valence-electron chi connectivity index (χ2n) is 9.78. The molecule has 7 nitrogen and oxygen atoms in total. The molecule has 2 fully saturated rings. The van der Waals surface area contributed by atoms with E-state index in [0.717, 1.165) is 23.3 Å². The fourth-order valence-electron chi connectivity index (χ4n) is 5.32. The van der Waals surface area contributed by atoms with Gasteiger partial charge < -0.3 is 9.64 Å². The van der Waals surface area contributed by atoms with Crippen LogP contribution in [0.3, 0.4) is 0 Å². The zero-order valence-corrected chi connectivity index (χ0v) is 19.9. The van der Waals surface area contributed by atoms with E-state index in [0.29, 0.717) is 31.4 Å². The van der Waals surface area contributed by atoms with Crippen LogP contribution in [0.2, 0.25) is 0 Å². The van der Waals surface area contributed by atoms with Crippen LogP contribution in [0.15, 0.2) is 41.5 Å². The molecule has 0 radical (unpaired) electrons. The van der Waals surface area contributed by atoms with Crippen molar-refractivity contribution in [1.82, 2.24) is 14.0 Å². The molecule has 190 valence electrons. The number of aromatic nitrogens is 2. The molecule has 2 aromatic rings. The van der Waals surface area contributed by atoms with Gasteiger partial charge in [-0.25, -0.2) is 4.79 Å². The number of carbonyl (C=O) groups is 2. The van der Waals surface area contributed by atoms with Gasteiger partial charge in [0.05, 0.1) is 18.7 Å². The summed E-state index contributed by atoms with van der Waals surface area (Å²) in [5.41, 5.74) is 1.17. The highest BCUT2D eigenvalue weighted by atomic mass is 19.4. The molecule has 0 unspecified atom stereocenters. The van der Waals surface area contributed by atoms with E-state index in [4.69, 9.17) is 4.74 Å². The summed E-state index contributed by atoms with van der Waals surface area (Å²) in [5, 5.41) is 0. The zero-order valence-electron chi connectivity index (χ0n) is 19.9. The van der Waals surface area contributed by atoms with E-state index >= 15 is 0 Å². The molecular formula is C25H30F3N3O4. The molecule has 1 saturated carbocycles. The number of methoxy groups -OCH3 is 1. The minimum atomic E-state index is -4.85. The zero-order chi connectivity index (χ0) is 25.4. The molecule has 10 heteroatoms. The van der Waals surface area contributed by atoms with E-state index in [1.807, 2.05) is 31.2 Å². The minimum absolute atomic E-state index is 0.0347. The first-order valence-electron chi connectivity index (χ1n) is 11.9. The van der Waals surface area contributed by atoms with Crippen molar-refractivity contribution in [3.05, 3.63) is 52.7 Å². The third-order valence-electron chi connectivity index (χ3n) is 7.67. The number of carbonyl (C=O) groups excluding carboxylic acids is 2. The van der Waals surface area contributed by atoms with Crippen molar-refractivity contribution in [2.45, 2.75) is 63.1 Å². The van der Waals surface area contributed by atoms with Crippen LogP contribution in [0, 0.1) is 5.92 Å². The second-order valence-corrected chi connectivity index (χ2v) is 9.78. The van der Waals surface area contributed by atoms with Crippen LogP contribution >= 0.6 is 0 Å². The quantitative estimate of drug-likeness (QED) is 0.604. The van der Waals surface area contributed by atoms with Gasteiger partial charge in [-0.05, 0) is 61.6 Å². The summed E-state index contributed by atoms with van der Waals surface area (Å²) in [4.78, 5) is 37.2. The summed E-state index contributed by atoms with van der Waals surface area (Å²) in [6.07, 6.45) is 2.35. The molecule has 1 aliphatic heterocycles. The highest BCUT2D eigenvalue weighted by molar-refractivity contribution is 5.82. The molecule has 1 aromatic carbocycles. The van der Waals surface area contributed by atoms with E-state index in [1.165, 1.54) is 7.11 Å². The molecule has 2 aliphatic rings. The first-order chi connectivity index (χ1) is 16.5. The van der Waals surface area contributed by atoms with Crippen molar-refractivity contribution < 1.29 is 27.5 Å². The Bertz CT molecular complexity index is 1120. The van der Waals surface area contributed by atoms with Gasteiger partial charge in [0, 0.05) is 31.5 Å². The van der Waals surface area contributed by atoms with Crippen LogP contribution in [-0.4, -0.2) is 52.3 Å². The number of imidazole rings is 1. The van der Waals surface area contributed by atoms with Gasteiger partial charge in [-0.2, -0.15) is 13.2 Å². The van der Waals surface area contributed by atoms with Gasteiger partial charge in [0.25, 0.3) is 0 Å². The van der Waals surface area contributed by atoms with E-state index in [-0.39, 0.29) is 42.1 Å². The Labute approximate surface area is 201 Å². The summed E-state index contributed by atoms with van der Waals surface area (Å²) in [5.74, 6) is -2.08. The molecule has 1 aliphatic carbocycles. The second kappa shape index (κ2) is 9.54. The monoisotopic (exact) mass is 493 g/mol. The lowest BCUT2D eigenvalue weighted by molar-refractivity contribution is -0.186. The Morgan fingerprint density at radius 3 is 2.14 bits per heavy atom. The van der Waals surface area contributed by atoms with Crippen molar-refractivity contribution >= 4 is 11.9 Å².